The van der Waals surface area contributed by atoms with Gasteiger partial charge in [-0.2, -0.15) is 0 Å². The highest BCUT2D eigenvalue weighted by Crippen LogP contribution is 2.16. The summed E-state index contributed by atoms with van der Waals surface area (Å²) in [6, 6.07) is 0. The van der Waals surface area contributed by atoms with Gasteiger partial charge in [-0.25, -0.2) is 4.98 Å². The fourth-order valence-corrected chi connectivity index (χ4v) is 0.994. The van der Waals surface area contributed by atoms with Crippen LogP contribution >= 0.6 is 0 Å². The van der Waals surface area contributed by atoms with E-state index >= 15 is 0 Å². The summed E-state index contributed by atoms with van der Waals surface area (Å²) in [5.41, 5.74) is 4.59. The van der Waals surface area contributed by atoms with Crippen LogP contribution in [0.5, 0.6) is 5.88 Å². The van der Waals surface area contributed by atoms with Crippen molar-refractivity contribution >= 4 is 11.9 Å². The molecule has 0 saturated carbocycles. The van der Waals surface area contributed by atoms with Crippen molar-refractivity contribution in [2.75, 3.05) is 0 Å². The topological polar surface area (TPSA) is 118 Å². The molecule has 1 heterocycles. The molecule has 0 bridgehead atoms. The van der Waals surface area contributed by atoms with E-state index in [4.69, 9.17) is 10.8 Å². The summed E-state index contributed by atoms with van der Waals surface area (Å²) in [6.45, 7) is 0. The molecular weight excluding hydrogens is 190 g/mol. The van der Waals surface area contributed by atoms with E-state index in [0.29, 0.717) is 0 Å². The smallest absolute Gasteiger partial charge is 0.311 e. The van der Waals surface area contributed by atoms with Gasteiger partial charge in [0.15, 0.2) is 5.69 Å². The first-order chi connectivity index (χ1) is 6.43. The van der Waals surface area contributed by atoms with Crippen molar-refractivity contribution < 1.29 is 19.8 Å². The minimum absolute atomic E-state index is 0.0730. The number of aromatic hydroxyl groups is 1. The third kappa shape index (κ3) is 1.65. The first-order valence-electron chi connectivity index (χ1n) is 3.69. The highest BCUT2D eigenvalue weighted by Gasteiger charge is 2.19. The van der Waals surface area contributed by atoms with Gasteiger partial charge in [0.1, 0.15) is 12.2 Å². The Morgan fingerprint density at radius 1 is 1.57 bits per heavy atom. The lowest BCUT2D eigenvalue weighted by Gasteiger charge is -1.97. The summed E-state index contributed by atoms with van der Waals surface area (Å²) in [5.74, 6) is -2.35. The van der Waals surface area contributed by atoms with Gasteiger partial charge in [0.05, 0.1) is 0 Å². The molecule has 1 aromatic rings. The zero-order valence-corrected chi connectivity index (χ0v) is 7.39. The predicted octanol–water partition coefficient (Wildman–Crippen LogP) is -1.15. The summed E-state index contributed by atoms with van der Waals surface area (Å²) in [5, 5.41) is 17.8. The van der Waals surface area contributed by atoms with E-state index in [2.05, 4.69) is 4.98 Å². The highest BCUT2D eigenvalue weighted by molar-refractivity contribution is 5.93. The number of carboxylic acid groups (broad SMARTS) is 1. The Balaban J connectivity index is 3.15. The lowest BCUT2D eigenvalue weighted by Crippen LogP contribution is -2.12. The quantitative estimate of drug-likeness (QED) is 0.568. The van der Waals surface area contributed by atoms with E-state index in [1.54, 1.807) is 0 Å². The lowest BCUT2D eigenvalue weighted by atomic mass is 10.4. The molecule has 0 aliphatic rings. The number of imidazole rings is 1. The van der Waals surface area contributed by atoms with Crippen LogP contribution in [0.3, 0.4) is 0 Å². The molecule has 0 saturated heterocycles. The number of nitrogens with zero attached hydrogens (tertiary/aromatic N) is 2. The van der Waals surface area contributed by atoms with Crippen LogP contribution in [-0.2, 0) is 18.3 Å². The van der Waals surface area contributed by atoms with Gasteiger partial charge in [-0.15, -0.1) is 0 Å². The number of aromatic nitrogens is 2. The number of primary amides is 1. The second-order valence-corrected chi connectivity index (χ2v) is 2.69. The molecule has 76 valence electrons. The van der Waals surface area contributed by atoms with E-state index in [-0.39, 0.29) is 17.9 Å². The summed E-state index contributed by atoms with van der Waals surface area (Å²) in [4.78, 5) is 24.7. The van der Waals surface area contributed by atoms with E-state index in [0.717, 1.165) is 4.57 Å². The van der Waals surface area contributed by atoms with Gasteiger partial charge < -0.3 is 20.5 Å². The number of amides is 1. The van der Waals surface area contributed by atoms with Crippen molar-refractivity contribution in [1.29, 1.82) is 0 Å². The van der Waals surface area contributed by atoms with Crippen LogP contribution in [0, 0.1) is 0 Å². The predicted molar refractivity (Wildman–Crippen MR) is 44.7 cm³/mol. The number of aliphatic carboxylic acids is 1. The number of hydrogen-bond donors (Lipinski definition) is 3. The third-order valence-electron chi connectivity index (χ3n) is 1.70. The van der Waals surface area contributed by atoms with E-state index < -0.39 is 17.8 Å². The van der Waals surface area contributed by atoms with Crippen LogP contribution < -0.4 is 5.73 Å². The maximum Gasteiger partial charge on any atom is 0.311 e. The van der Waals surface area contributed by atoms with E-state index in [9.17, 15) is 14.7 Å². The molecule has 0 unspecified atom stereocenters. The van der Waals surface area contributed by atoms with Crippen LogP contribution in [-0.4, -0.2) is 31.6 Å². The Morgan fingerprint density at radius 2 is 2.14 bits per heavy atom. The summed E-state index contributed by atoms with van der Waals surface area (Å²) >= 11 is 0. The summed E-state index contributed by atoms with van der Waals surface area (Å²) in [7, 11) is 1.40. The first-order valence-corrected chi connectivity index (χ1v) is 3.69. The van der Waals surface area contributed by atoms with Gasteiger partial charge in [-0.1, -0.05) is 0 Å². The van der Waals surface area contributed by atoms with Crippen molar-refractivity contribution in [1.82, 2.24) is 9.55 Å². The van der Waals surface area contributed by atoms with Gasteiger partial charge in [0, 0.05) is 7.05 Å². The van der Waals surface area contributed by atoms with Gasteiger partial charge in [-0.3, -0.25) is 9.59 Å². The average Bonchev–Trinajstić information content (AvgIpc) is 2.32. The highest BCUT2D eigenvalue weighted by atomic mass is 16.4. The van der Waals surface area contributed by atoms with Crippen LogP contribution in [0.1, 0.15) is 16.3 Å². The average molecular weight is 199 g/mol. The molecule has 0 radical (unpaired) electrons. The molecule has 1 amide bonds. The second-order valence-electron chi connectivity index (χ2n) is 2.69. The fraction of sp³-hybridized carbons (Fsp3) is 0.286. The molecule has 7 heteroatoms. The van der Waals surface area contributed by atoms with Crippen LogP contribution in [0.25, 0.3) is 0 Å². The van der Waals surface area contributed by atoms with E-state index in [1.165, 1.54) is 7.05 Å². The zero-order valence-electron chi connectivity index (χ0n) is 7.39. The molecular formula is C7H9N3O4. The first kappa shape index (κ1) is 10.0. The van der Waals surface area contributed by atoms with Crippen LogP contribution in [0.4, 0.5) is 0 Å². The molecule has 1 rings (SSSR count). The minimum atomic E-state index is -1.10. The Kier molecular flexibility index (Phi) is 2.41. The zero-order chi connectivity index (χ0) is 10.9. The molecule has 1 aromatic heterocycles. The molecule has 0 fully saturated rings. The molecule has 0 spiro atoms. The number of nitrogens with two attached hydrogens (primary N) is 1. The number of carbonyl (C=O) groups excluding carboxylic acids is 1. The van der Waals surface area contributed by atoms with Gasteiger partial charge in [0.25, 0.3) is 5.91 Å². The van der Waals surface area contributed by atoms with Gasteiger partial charge >= 0.3 is 5.97 Å². The number of carbonyl (C=O) groups is 2. The van der Waals surface area contributed by atoms with Crippen molar-refractivity contribution in [3.63, 3.8) is 0 Å². The molecule has 0 atom stereocenters. The Hall–Kier alpha value is -2.05. The lowest BCUT2D eigenvalue weighted by molar-refractivity contribution is -0.136. The van der Waals surface area contributed by atoms with Crippen molar-refractivity contribution in [2.45, 2.75) is 6.42 Å². The Morgan fingerprint density at radius 3 is 2.50 bits per heavy atom. The number of hydrogen-bond acceptors (Lipinski definition) is 4. The standard InChI is InChI=1S/C7H9N3O4/c1-10-3(2-4(11)12)9-5(6(8)13)7(10)14/h14H,2H2,1H3,(H2,8,13)(H,11,12). The van der Waals surface area contributed by atoms with Crippen LogP contribution in [0.2, 0.25) is 0 Å². The second kappa shape index (κ2) is 3.36. The van der Waals surface area contributed by atoms with Gasteiger partial charge in [0.2, 0.25) is 5.88 Å². The maximum absolute atomic E-state index is 10.7. The van der Waals surface area contributed by atoms with Crippen molar-refractivity contribution in [2.24, 2.45) is 12.8 Å². The molecule has 4 N–H and O–H groups in total. The van der Waals surface area contributed by atoms with E-state index in [1.807, 2.05) is 0 Å². The SMILES string of the molecule is Cn1c(CC(=O)O)nc(C(N)=O)c1O. The molecule has 0 aliphatic carbocycles. The Bertz CT molecular complexity index is 396. The normalized spacial score (nSPS) is 10.1. The van der Waals surface area contributed by atoms with Crippen LogP contribution in [0.15, 0.2) is 0 Å². The van der Waals surface area contributed by atoms with Crippen molar-refractivity contribution in [3.8, 4) is 5.88 Å². The Labute approximate surface area is 78.8 Å². The fourth-order valence-electron chi connectivity index (χ4n) is 0.994. The number of carboxylic acids is 1. The van der Waals surface area contributed by atoms with Crippen molar-refractivity contribution in [3.05, 3.63) is 11.5 Å². The van der Waals surface area contributed by atoms with Gasteiger partial charge in [-0.05, 0) is 0 Å². The summed E-state index contributed by atoms with van der Waals surface area (Å²) in [6.07, 6.45) is -0.378. The largest absolute Gasteiger partial charge is 0.493 e. The molecule has 0 aliphatic heterocycles. The third-order valence-corrected chi connectivity index (χ3v) is 1.70. The maximum atomic E-state index is 10.7. The molecule has 0 aromatic carbocycles. The summed E-state index contributed by atoms with van der Waals surface area (Å²) < 4.78 is 1.11. The number of rotatable bonds is 3. The molecule has 7 nitrogen and oxygen atoms in total. The monoisotopic (exact) mass is 199 g/mol. The molecule has 14 heavy (non-hydrogen) atoms. The minimum Gasteiger partial charge on any atom is -0.493 e.